The van der Waals surface area contributed by atoms with Crippen LogP contribution in [0.2, 0.25) is 0 Å². The summed E-state index contributed by atoms with van der Waals surface area (Å²) in [5.74, 6) is 0. The maximum Gasteiger partial charge on any atom is 0.0467 e. The molecule has 242 valence electrons. The smallest absolute Gasteiger partial charge is 0.0467 e. The zero-order valence-electron chi connectivity index (χ0n) is 28.6. The summed E-state index contributed by atoms with van der Waals surface area (Å²) in [5, 5.41) is 5.17. The van der Waals surface area contributed by atoms with Gasteiger partial charge in [0.05, 0.1) is 0 Å². The Hall–Kier alpha value is -5.96. The molecule has 0 saturated heterocycles. The summed E-state index contributed by atoms with van der Waals surface area (Å²) in [6.07, 6.45) is 0. The Bertz CT molecular complexity index is 2780. The quantitative estimate of drug-likeness (QED) is 0.176. The Morgan fingerprint density at radius 3 is 1.96 bits per heavy atom. The van der Waals surface area contributed by atoms with Crippen molar-refractivity contribution >= 4 is 59.3 Å². The zero-order valence-corrected chi connectivity index (χ0v) is 29.4. The molecule has 10 rings (SSSR count). The van der Waals surface area contributed by atoms with Crippen LogP contribution in [-0.2, 0) is 5.41 Å². The Labute approximate surface area is 302 Å². The van der Waals surface area contributed by atoms with Crippen molar-refractivity contribution in [3.8, 4) is 33.4 Å². The molecule has 0 saturated carbocycles. The molecule has 1 nitrogen and oxygen atoms in total. The minimum Gasteiger partial charge on any atom is -0.310 e. The summed E-state index contributed by atoms with van der Waals surface area (Å²) in [6.45, 7) is 4.71. The van der Waals surface area contributed by atoms with Crippen LogP contribution in [0.4, 0.5) is 17.1 Å². The van der Waals surface area contributed by atoms with E-state index < -0.39 is 0 Å². The molecule has 0 aliphatic heterocycles. The maximum absolute atomic E-state index is 2.42. The van der Waals surface area contributed by atoms with E-state index in [0.29, 0.717) is 0 Å². The van der Waals surface area contributed by atoms with Crippen LogP contribution in [-0.4, -0.2) is 0 Å². The lowest BCUT2D eigenvalue weighted by molar-refractivity contribution is 0.660. The monoisotopic (exact) mass is 669 g/mol. The number of benzene rings is 8. The molecule has 0 radical (unpaired) electrons. The van der Waals surface area contributed by atoms with Gasteiger partial charge < -0.3 is 4.90 Å². The second-order valence-electron chi connectivity index (χ2n) is 14.2. The first-order valence-electron chi connectivity index (χ1n) is 17.7. The molecule has 0 amide bonds. The zero-order chi connectivity index (χ0) is 34.1. The number of thiophene rings is 1. The number of anilines is 3. The van der Waals surface area contributed by atoms with Gasteiger partial charge in [0.2, 0.25) is 0 Å². The third-order valence-electron chi connectivity index (χ3n) is 10.9. The summed E-state index contributed by atoms with van der Waals surface area (Å²) in [7, 11) is 0. The largest absolute Gasteiger partial charge is 0.310 e. The van der Waals surface area contributed by atoms with Crippen molar-refractivity contribution < 1.29 is 0 Å². The van der Waals surface area contributed by atoms with Gasteiger partial charge in [0.25, 0.3) is 0 Å². The van der Waals surface area contributed by atoms with E-state index in [0.717, 1.165) is 17.1 Å². The fraction of sp³-hybridized carbons (Fsp3) is 0.0612. The molecule has 1 aliphatic rings. The van der Waals surface area contributed by atoms with Crippen LogP contribution in [0.3, 0.4) is 0 Å². The molecule has 1 aliphatic carbocycles. The maximum atomic E-state index is 2.42. The molecule has 0 fully saturated rings. The van der Waals surface area contributed by atoms with E-state index in [-0.39, 0.29) is 5.41 Å². The molecule has 0 spiro atoms. The van der Waals surface area contributed by atoms with E-state index in [1.54, 1.807) is 0 Å². The minimum absolute atomic E-state index is 0.0909. The van der Waals surface area contributed by atoms with E-state index >= 15 is 0 Å². The summed E-state index contributed by atoms with van der Waals surface area (Å²) in [6, 6.07) is 64.9. The Morgan fingerprint density at radius 2 is 1.06 bits per heavy atom. The van der Waals surface area contributed by atoms with Gasteiger partial charge in [-0.05, 0) is 110 Å². The summed E-state index contributed by atoms with van der Waals surface area (Å²) in [5.41, 5.74) is 13.7. The molecular weight excluding hydrogens is 635 g/mol. The predicted molar refractivity (Wildman–Crippen MR) is 220 cm³/mol. The molecule has 1 heterocycles. The third kappa shape index (κ3) is 4.82. The molecule has 9 aromatic rings. The molecule has 0 atom stereocenters. The number of hydrogen-bond donors (Lipinski definition) is 0. The van der Waals surface area contributed by atoms with Crippen molar-refractivity contribution in [1.29, 1.82) is 0 Å². The van der Waals surface area contributed by atoms with Gasteiger partial charge in [-0.15, -0.1) is 11.3 Å². The van der Waals surface area contributed by atoms with Crippen LogP contribution in [0.15, 0.2) is 176 Å². The van der Waals surface area contributed by atoms with Crippen LogP contribution < -0.4 is 4.90 Å². The van der Waals surface area contributed by atoms with Crippen molar-refractivity contribution in [1.82, 2.24) is 0 Å². The van der Waals surface area contributed by atoms with Gasteiger partial charge in [0.15, 0.2) is 0 Å². The second-order valence-corrected chi connectivity index (χ2v) is 15.3. The first kappa shape index (κ1) is 29.9. The predicted octanol–water partition coefficient (Wildman–Crippen LogP) is 14.3. The molecule has 1 aromatic heterocycles. The number of rotatable bonds is 5. The van der Waals surface area contributed by atoms with Gasteiger partial charge in [-0.2, -0.15) is 0 Å². The Kier molecular flexibility index (Phi) is 6.78. The molecule has 0 unspecified atom stereocenters. The highest BCUT2D eigenvalue weighted by Crippen LogP contribution is 2.51. The third-order valence-corrected chi connectivity index (χ3v) is 12.0. The molecular formula is C49H35NS. The molecule has 8 aromatic carbocycles. The van der Waals surface area contributed by atoms with Crippen molar-refractivity contribution in [2.45, 2.75) is 19.3 Å². The standard InChI is InChI=1S/C49H35NS/c1-49(2)44-18-7-5-15-41(44)42-28-27-39(31-45(42)49)50(38-14-9-13-35(30-38)36-22-21-32-11-3-4-12-34(32)29-36)37-25-23-33(24-26-37)40-17-10-20-47-48(40)43-16-6-8-19-46(43)51-47/h3-31H,1-2H3. The van der Waals surface area contributed by atoms with Gasteiger partial charge in [0, 0.05) is 42.6 Å². The van der Waals surface area contributed by atoms with Crippen molar-refractivity contribution in [3.63, 3.8) is 0 Å². The molecule has 2 heteroatoms. The lowest BCUT2D eigenvalue weighted by Crippen LogP contribution is -2.16. The molecule has 0 bridgehead atoms. The van der Waals surface area contributed by atoms with Crippen molar-refractivity contribution in [3.05, 3.63) is 187 Å². The van der Waals surface area contributed by atoms with Crippen LogP contribution in [0.1, 0.15) is 25.0 Å². The van der Waals surface area contributed by atoms with E-state index in [4.69, 9.17) is 0 Å². The Morgan fingerprint density at radius 1 is 0.412 bits per heavy atom. The highest BCUT2D eigenvalue weighted by molar-refractivity contribution is 7.25. The fourth-order valence-electron chi connectivity index (χ4n) is 8.28. The first-order valence-corrected chi connectivity index (χ1v) is 18.5. The first-order chi connectivity index (χ1) is 25.0. The summed E-state index contributed by atoms with van der Waals surface area (Å²) < 4.78 is 2.65. The lowest BCUT2D eigenvalue weighted by atomic mass is 9.82. The van der Waals surface area contributed by atoms with Crippen LogP contribution >= 0.6 is 11.3 Å². The van der Waals surface area contributed by atoms with Gasteiger partial charge in [-0.1, -0.05) is 135 Å². The fourth-order valence-corrected chi connectivity index (χ4v) is 9.41. The number of nitrogens with zero attached hydrogens (tertiary/aromatic N) is 1. The van der Waals surface area contributed by atoms with Crippen molar-refractivity contribution in [2.24, 2.45) is 0 Å². The summed E-state index contributed by atoms with van der Waals surface area (Å²) >= 11 is 1.87. The van der Waals surface area contributed by atoms with E-state index in [1.807, 2.05) is 11.3 Å². The SMILES string of the molecule is CC1(C)c2ccccc2-c2ccc(N(c3ccc(-c4cccc5sc6ccccc6c45)cc3)c3cccc(-c4ccc5ccccc5c4)c3)cc21. The number of hydrogen-bond acceptors (Lipinski definition) is 2. The molecule has 0 N–H and O–H groups in total. The van der Waals surface area contributed by atoms with Gasteiger partial charge >= 0.3 is 0 Å². The Balaban J connectivity index is 1.12. The average molecular weight is 670 g/mol. The van der Waals surface area contributed by atoms with Gasteiger partial charge in [-0.3, -0.25) is 0 Å². The highest BCUT2D eigenvalue weighted by atomic mass is 32.1. The molecule has 51 heavy (non-hydrogen) atoms. The van der Waals surface area contributed by atoms with Crippen LogP contribution in [0, 0.1) is 0 Å². The van der Waals surface area contributed by atoms with E-state index in [9.17, 15) is 0 Å². The second kappa shape index (κ2) is 11.6. The average Bonchev–Trinajstić information content (AvgIpc) is 3.67. The van der Waals surface area contributed by atoms with Gasteiger partial charge in [0.1, 0.15) is 0 Å². The minimum atomic E-state index is -0.0909. The topological polar surface area (TPSA) is 3.24 Å². The number of fused-ring (bicyclic) bond motifs is 7. The van der Waals surface area contributed by atoms with Gasteiger partial charge in [-0.25, -0.2) is 0 Å². The van der Waals surface area contributed by atoms with E-state index in [2.05, 4.69) is 195 Å². The summed E-state index contributed by atoms with van der Waals surface area (Å²) in [4.78, 5) is 2.42. The van der Waals surface area contributed by atoms with Crippen LogP contribution in [0.25, 0.3) is 64.3 Å². The van der Waals surface area contributed by atoms with Crippen molar-refractivity contribution in [2.75, 3.05) is 4.90 Å². The highest BCUT2D eigenvalue weighted by Gasteiger charge is 2.35. The lowest BCUT2D eigenvalue weighted by Gasteiger charge is -2.28. The van der Waals surface area contributed by atoms with E-state index in [1.165, 1.54) is 75.5 Å². The normalized spacial score (nSPS) is 13.1. The van der Waals surface area contributed by atoms with Crippen LogP contribution in [0.5, 0.6) is 0 Å².